The second-order valence-electron chi connectivity index (χ2n) is 4.60. The van der Waals surface area contributed by atoms with E-state index in [0.29, 0.717) is 6.54 Å². The summed E-state index contributed by atoms with van der Waals surface area (Å²) in [4.78, 5) is 12.8. The van der Waals surface area contributed by atoms with Gasteiger partial charge in [-0.05, 0) is 24.7 Å². The lowest BCUT2D eigenvalue weighted by Gasteiger charge is -2.19. The topological polar surface area (TPSA) is 61.8 Å². The predicted molar refractivity (Wildman–Crippen MR) is 79.0 cm³/mol. The third kappa shape index (κ3) is 5.19. The smallest absolute Gasteiger partial charge is 0.317 e. The van der Waals surface area contributed by atoms with Crippen LogP contribution in [0.25, 0.3) is 0 Å². The predicted octanol–water partition coefficient (Wildman–Crippen LogP) is 1.71. The molecule has 0 amide bonds. The zero-order valence-electron chi connectivity index (χ0n) is 12.5. The highest BCUT2D eigenvalue weighted by Gasteiger charge is 2.07. The highest BCUT2D eigenvalue weighted by atomic mass is 16.5. The van der Waals surface area contributed by atoms with Gasteiger partial charge in [0, 0.05) is 18.7 Å². The van der Waals surface area contributed by atoms with Crippen molar-refractivity contribution in [3.8, 4) is 5.75 Å². The number of carboxylic acid groups (broad SMARTS) is 1. The number of rotatable bonds is 9. The fraction of sp³-hybridized carbons (Fsp3) is 0.533. The van der Waals surface area contributed by atoms with Crippen LogP contribution in [0, 0.1) is 0 Å². The van der Waals surface area contributed by atoms with E-state index in [4.69, 9.17) is 9.84 Å². The molecule has 20 heavy (non-hydrogen) atoms. The Bertz CT molecular complexity index is 431. The molecule has 0 radical (unpaired) electrons. The van der Waals surface area contributed by atoms with E-state index >= 15 is 0 Å². The molecule has 5 nitrogen and oxygen atoms in total. The van der Waals surface area contributed by atoms with E-state index in [2.05, 4.69) is 30.1 Å². The molecule has 1 rings (SSSR count). The summed E-state index contributed by atoms with van der Waals surface area (Å²) in [6, 6.07) is 6.08. The number of benzene rings is 1. The number of methoxy groups -OCH3 is 1. The number of carbonyl (C=O) groups is 1. The van der Waals surface area contributed by atoms with Gasteiger partial charge in [-0.2, -0.15) is 0 Å². The van der Waals surface area contributed by atoms with Gasteiger partial charge in [0.25, 0.3) is 0 Å². The Kier molecular flexibility index (Phi) is 7.04. The van der Waals surface area contributed by atoms with Crippen molar-refractivity contribution in [1.29, 1.82) is 0 Å². The quantitative estimate of drug-likeness (QED) is 0.721. The molecule has 0 spiro atoms. The van der Waals surface area contributed by atoms with E-state index in [-0.39, 0.29) is 6.54 Å². The number of ether oxygens (including phenoxy) is 1. The molecule has 112 valence electrons. The maximum atomic E-state index is 10.5. The molecule has 0 bridgehead atoms. The lowest BCUT2D eigenvalue weighted by Crippen LogP contribution is -2.23. The number of aliphatic carboxylic acids is 1. The van der Waals surface area contributed by atoms with Crippen LogP contribution in [0.4, 0.5) is 0 Å². The van der Waals surface area contributed by atoms with Crippen LogP contribution in [-0.2, 0) is 17.9 Å². The van der Waals surface area contributed by atoms with E-state index in [0.717, 1.165) is 30.9 Å². The first-order valence-electron chi connectivity index (χ1n) is 6.91. The molecule has 0 aliphatic heterocycles. The first-order chi connectivity index (χ1) is 9.60. The Hall–Kier alpha value is -1.59. The fourth-order valence-electron chi connectivity index (χ4n) is 2.04. The molecule has 0 fully saturated rings. The van der Waals surface area contributed by atoms with Crippen LogP contribution in [-0.4, -0.2) is 42.7 Å². The van der Waals surface area contributed by atoms with E-state index in [1.165, 1.54) is 5.56 Å². The third-order valence-electron chi connectivity index (χ3n) is 3.24. The van der Waals surface area contributed by atoms with Gasteiger partial charge in [-0.25, -0.2) is 0 Å². The van der Waals surface area contributed by atoms with Crippen LogP contribution >= 0.6 is 0 Å². The van der Waals surface area contributed by atoms with Gasteiger partial charge in [0.15, 0.2) is 0 Å². The van der Waals surface area contributed by atoms with Crippen molar-refractivity contribution in [2.75, 3.05) is 26.7 Å². The lowest BCUT2D eigenvalue weighted by atomic mass is 10.1. The Morgan fingerprint density at radius 2 is 2.05 bits per heavy atom. The summed E-state index contributed by atoms with van der Waals surface area (Å²) in [6.45, 7) is 7.65. The molecule has 1 aromatic carbocycles. The van der Waals surface area contributed by atoms with E-state index < -0.39 is 5.97 Å². The van der Waals surface area contributed by atoms with Crippen LogP contribution in [0.1, 0.15) is 25.0 Å². The maximum Gasteiger partial charge on any atom is 0.317 e. The average Bonchev–Trinajstić information content (AvgIpc) is 2.45. The minimum absolute atomic E-state index is 0.0512. The Balaban J connectivity index is 2.71. The first kappa shape index (κ1) is 16.5. The van der Waals surface area contributed by atoms with Gasteiger partial charge in [0.2, 0.25) is 0 Å². The highest BCUT2D eigenvalue weighted by molar-refractivity contribution is 5.69. The van der Waals surface area contributed by atoms with Gasteiger partial charge in [-0.15, -0.1) is 0 Å². The molecular formula is C15H24N2O3. The summed E-state index contributed by atoms with van der Waals surface area (Å²) in [5, 5.41) is 11.5. The van der Waals surface area contributed by atoms with Gasteiger partial charge in [-0.3, -0.25) is 9.69 Å². The molecule has 0 atom stereocenters. The summed E-state index contributed by atoms with van der Waals surface area (Å²) in [5.41, 5.74) is 2.17. The summed E-state index contributed by atoms with van der Waals surface area (Å²) >= 11 is 0. The minimum atomic E-state index is -0.859. The molecule has 5 heteroatoms. The van der Waals surface area contributed by atoms with Crippen molar-refractivity contribution in [2.24, 2.45) is 0 Å². The molecular weight excluding hydrogens is 256 g/mol. The standard InChI is InChI=1S/C15H24N2O3/c1-4-17(5-2)11-12-6-7-13(14(8-12)20-3)9-16-10-15(18)19/h6-8,16H,4-5,9-11H2,1-3H3,(H,18,19). The average molecular weight is 280 g/mol. The third-order valence-corrected chi connectivity index (χ3v) is 3.24. The Labute approximate surface area is 120 Å². The zero-order valence-corrected chi connectivity index (χ0v) is 12.5. The van der Waals surface area contributed by atoms with E-state index in [9.17, 15) is 4.79 Å². The summed E-state index contributed by atoms with van der Waals surface area (Å²) < 4.78 is 5.39. The fourth-order valence-corrected chi connectivity index (χ4v) is 2.04. The van der Waals surface area contributed by atoms with E-state index in [1.54, 1.807) is 7.11 Å². The monoisotopic (exact) mass is 280 g/mol. The molecule has 2 N–H and O–H groups in total. The van der Waals surface area contributed by atoms with Crippen LogP contribution in [0.3, 0.4) is 0 Å². The van der Waals surface area contributed by atoms with Gasteiger partial charge in [-0.1, -0.05) is 26.0 Å². The van der Waals surface area contributed by atoms with Crippen molar-refractivity contribution >= 4 is 5.97 Å². The maximum absolute atomic E-state index is 10.5. The summed E-state index contributed by atoms with van der Waals surface area (Å²) in [7, 11) is 1.64. The van der Waals surface area contributed by atoms with Crippen molar-refractivity contribution in [3.05, 3.63) is 29.3 Å². The molecule has 0 aliphatic carbocycles. The first-order valence-corrected chi connectivity index (χ1v) is 6.91. The molecule has 0 aromatic heterocycles. The zero-order chi connectivity index (χ0) is 15.0. The molecule has 1 aromatic rings. The van der Waals surface area contributed by atoms with Gasteiger partial charge < -0.3 is 15.2 Å². The number of hydrogen-bond acceptors (Lipinski definition) is 4. The largest absolute Gasteiger partial charge is 0.496 e. The molecule has 0 aliphatic rings. The van der Waals surface area contributed by atoms with Crippen LogP contribution in [0.2, 0.25) is 0 Å². The summed E-state index contributed by atoms with van der Waals surface area (Å²) in [5.74, 6) is -0.0605. The second-order valence-corrected chi connectivity index (χ2v) is 4.60. The Morgan fingerprint density at radius 1 is 1.35 bits per heavy atom. The van der Waals surface area contributed by atoms with Crippen molar-refractivity contribution in [1.82, 2.24) is 10.2 Å². The minimum Gasteiger partial charge on any atom is -0.496 e. The number of hydrogen-bond donors (Lipinski definition) is 2. The van der Waals surface area contributed by atoms with Gasteiger partial charge >= 0.3 is 5.97 Å². The number of carboxylic acids is 1. The number of nitrogens with one attached hydrogen (secondary N) is 1. The molecule has 0 unspecified atom stereocenters. The molecule has 0 saturated carbocycles. The SMILES string of the molecule is CCN(CC)Cc1ccc(CNCC(=O)O)c(OC)c1. The van der Waals surface area contributed by atoms with Crippen molar-refractivity contribution in [2.45, 2.75) is 26.9 Å². The molecule has 0 saturated heterocycles. The van der Waals surface area contributed by atoms with Gasteiger partial charge in [0.1, 0.15) is 5.75 Å². The van der Waals surface area contributed by atoms with Crippen LogP contribution < -0.4 is 10.1 Å². The Morgan fingerprint density at radius 3 is 2.60 bits per heavy atom. The second kappa shape index (κ2) is 8.55. The normalized spacial score (nSPS) is 10.8. The highest BCUT2D eigenvalue weighted by Crippen LogP contribution is 2.21. The van der Waals surface area contributed by atoms with Gasteiger partial charge in [0.05, 0.1) is 13.7 Å². The lowest BCUT2D eigenvalue weighted by molar-refractivity contribution is -0.136. The van der Waals surface area contributed by atoms with Crippen LogP contribution in [0.5, 0.6) is 5.75 Å². The number of nitrogens with zero attached hydrogens (tertiary/aromatic N) is 1. The van der Waals surface area contributed by atoms with E-state index in [1.807, 2.05) is 12.1 Å². The summed E-state index contributed by atoms with van der Waals surface area (Å²) in [6.07, 6.45) is 0. The molecule has 0 heterocycles. The van der Waals surface area contributed by atoms with Crippen molar-refractivity contribution in [3.63, 3.8) is 0 Å². The van der Waals surface area contributed by atoms with Crippen LogP contribution in [0.15, 0.2) is 18.2 Å². The van der Waals surface area contributed by atoms with Crippen molar-refractivity contribution < 1.29 is 14.6 Å².